The van der Waals surface area contributed by atoms with Gasteiger partial charge in [0, 0.05) is 17.8 Å². The van der Waals surface area contributed by atoms with Crippen LogP contribution in [-0.2, 0) is 0 Å². The molecule has 0 aliphatic heterocycles. The van der Waals surface area contributed by atoms with Crippen LogP contribution in [0.2, 0.25) is 0 Å². The fraction of sp³-hybridized carbons (Fsp3) is 0.294. The monoisotopic (exact) mass is 286 g/mol. The first-order chi connectivity index (χ1) is 9.97. The number of nitrogens with one attached hydrogen (secondary N) is 1. The summed E-state index contributed by atoms with van der Waals surface area (Å²) in [5.74, 6) is -0.489. The van der Waals surface area contributed by atoms with E-state index in [1.165, 1.54) is 17.8 Å². The number of pyridine rings is 1. The van der Waals surface area contributed by atoms with E-state index in [9.17, 15) is 9.18 Å². The van der Waals surface area contributed by atoms with Crippen molar-refractivity contribution in [3.63, 3.8) is 0 Å². The molecule has 4 heteroatoms. The Labute approximate surface area is 124 Å². The maximum Gasteiger partial charge on any atom is 0.251 e. The Morgan fingerprint density at radius 1 is 1.10 bits per heavy atom. The van der Waals surface area contributed by atoms with Gasteiger partial charge in [-0.3, -0.25) is 4.79 Å². The third-order valence-electron chi connectivity index (χ3n) is 3.44. The predicted octanol–water partition coefficient (Wildman–Crippen LogP) is 3.84. The van der Waals surface area contributed by atoms with Gasteiger partial charge in [-0.2, -0.15) is 4.39 Å². The number of rotatable bonds is 4. The largest absolute Gasteiger partial charge is 0.346 e. The zero-order chi connectivity index (χ0) is 15.4. The van der Waals surface area contributed by atoms with Gasteiger partial charge in [-0.15, -0.1) is 0 Å². The van der Waals surface area contributed by atoms with Crippen LogP contribution >= 0.6 is 0 Å². The van der Waals surface area contributed by atoms with Crippen molar-refractivity contribution in [3.8, 4) is 0 Å². The number of carbonyl (C=O) groups is 1. The van der Waals surface area contributed by atoms with Gasteiger partial charge in [0.1, 0.15) is 0 Å². The molecule has 1 heterocycles. The van der Waals surface area contributed by atoms with Gasteiger partial charge in [-0.1, -0.05) is 38.1 Å². The molecular weight excluding hydrogens is 267 g/mol. The highest BCUT2D eigenvalue weighted by atomic mass is 19.1. The van der Waals surface area contributed by atoms with E-state index in [-0.39, 0.29) is 17.5 Å². The van der Waals surface area contributed by atoms with Crippen LogP contribution in [0, 0.1) is 5.95 Å². The average Bonchev–Trinajstić information content (AvgIpc) is 2.47. The minimum absolute atomic E-state index is 0.144. The molecule has 2 rings (SSSR count). The maximum atomic E-state index is 13.0. The molecule has 2 aromatic rings. The zero-order valence-electron chi connectivity index (χ0n) is 12.4. The molecule has 0 fully saturated rings. The van der Waals surface area contributed by atoms with Crippen LogP contribution in [0.5, 0.6) is 0 Å². The van der Waals surface area contributed by atoms with Crippen LogP contribution in [0.3, 0.4) is 0 Å². The molecule has 0 spiro atoms. The molecule has 1 amide bonds. The van der Waals surface area contributed by atoms with E-state index in [2.05, 4.69) is 36.3 Å². The third-order valence-corrected chi connectivity index (χ3v) is 3.44. The van der Waals surface area contributed by atoms with E-state index < -0.39 is 5.95 Å². The van der Waals surface area contributed by atoms with Gasteiger partial charge in [0.05, 0.1) is 6.04 Å². The molecule has 1 unspecified atom stereocenters. The molecule has 1 N–H and O–H groups in total. The topological polar surface area (TPSA) is 42.0 Å². The lowest BCUT2D eigenvalue weighted by atomic mass is 9.99. The van der Waals surface area contributed by atoms with Crippen LogP contribution in [0.15, 0.2) is 42.6 Å². The Morgan fingerprint density at radius 2 is 1.71 bits per heavy atom. The van der Waals surface area contributed by atoms with Crippen molar-refractivity contribution in [1.82, 2.24) is 10.3 Å². The highest BCUT2D eigenvalue weighted by molar-refractivity contribution is 5.94. The Hall–Kier alpha value is -2.23. The fourth-order valence-corrected chi connectivity index (χ4v) is 2.08. The van der Waals surface area contributed by atoms with Gasteiger partial charge < -0.3 is 5.32 Å². The van der Waals surface area contributed by atoms with Gasteiger partial charge in [-0.05, 0) is 30.0 Å². The van der Waals surface area contributed by atoms with Gasteiger partial charge in [-0.25, -0.2) is 4.98 Å². The summed E-state index contributed by atoms with van der Waals surface area (Å²) in [5.41, 5.74) is 2.55. The molecule has 0 saturated carbocycles. The van der Waals surface area contributed by atoms with Crippen molar-refractivity contribution in [2.75, 3.05) is 0 Å². The zero-order valence-corrected chi connectivity index (χ0v) is 12.4. The van der Waals surface area contributed by atoms with Crippen LogP contribution < -0.4 is 5.32 Å². The first kappa shape index (κ1) is 15.2. The van der Waals surface area contributed by atoms with Crippen molar-refractivity contribution < 1.29 is 9.18 Å². The third kappa shape index (κ3) is 3.88. The van der Waals surface area contributed by atoms with Gasteiger partial charge in [0.2, 0.25) is 5.95 Å². The van der Waals surface area contributed by atoms with Crippen LogP contribution in [-0.4, -0.2) is 10.9 Å². The summed E-state index contributed by atoms with van der Waals surface area (Å²) >= 11 is 0. The van der Waals surface area contributed by atoms with Crippen molar-refractivity contribution in [1.29, 1.82) is 0 Å². The lowest BCUT2D eigenvalue weighted by Crippen LogP contribution is -2.26. The van der Waals surface area contributed by atoms with E-state index in [1.807, 2.05) is 19.1 Å². The summed E-state index contributed by atoms with van der Waals surface area (Å²) in [5, 5.41) is 2.85. The summed E-state index contributed by atoms with van der Waals surface area (Å²) in [6.07, 6.45) is 1.28. The van der Waals surface area contributed by atoms with Crippen molar-refractivity contribution >= 4 is 5.91 Å². The number of hydrogen-bond acceptors (Lipinski definition) is 2. The van der Waals surface area contributed by atoms with Crippen molar-refractivity contribution in [3.05, 3.63) is 65.2 Å². The second kappa shape index (κ2) is 6.48. The summed E-state index contributed by atoms with van der Waals surface area (Å²) in [7, 11) is 0. The highest BCUT2D eigenvalue weighted by Gasteiger charge is 2.12. The van der Waals surface area contributed by atoms with Crippen LogP contribution in [0.25, 0.3) is 0 Å². The molecule has 1 aromatic heterocycles. The number of hydrogen-bond donors (Lipinski definition) is 1. The van der Waals surface area contributed by atoms with E-state index in [1.54, 1.807) is 0 Å². The molecule has 0 radical (unpaired) electrons. The highest BCUT2D eigenvalue weighted by Crippen LogP contribution is 2.18. The molecule has 0 bridgehead atoms. The standard InChI is InChI=1S/C17H19FN2O/c1-11(2)13-4-6-14(7-5-13)12(3)20-17(21)15-8-9-19-16(18)10-15/h4-12H,1-3H3,(H,20,21). The van der Waals surface area contributed by atoms with Crippen molar-refractivity contribution in [2.45, 2.75) is 32.7 Å². The second-order valence-electron chi connectivity index (χ2n) is 5.38. The number of carbonyl (C=O) groups excluding carboxylic acids is 1. The second-order valence-corrected chi connectivity index (χ2v) is 5.38. The van der Waals surface area contributed by atoms with Gasteiger partial charge >= 0.3 is 0 Å². The number of amides is 1. The Kier molecular flexibility index (Phi) is 4.68. The first-order valence-corrected chi connectivity index (χ1v) is 6.99. The smallest absolute Gasteiger partial charge is 0.251 e. The van der Waals surface area contributed by atoms with Crippen LogP contribution in [0.1, 0.15) is 54.2 Å². The van der Waals surface area contributed by atoms with E-state index in [0.717, 1.165) is 11.6 Å². The molecule has 0 aliphatic carbocycles. The Balaban J connectivity index is 2.07. The Morgan fingerprint density at radius 3 is 2.29 bits per heavy atom. The summed E-state index contributed by atoms with van der Waals surface area (Å²) in [6.45, 7) is 6.18. The number of aromatic nitrogens is 1. The van der Waals surface area contributed by atoms with E-state index in [4.69, 9.17) is 0 Å². The molecule has 21 heavy (non-hydrogen) atoms. The minimum atomic E-state index is -0.656. The minimum Gasteiger partial charge on any atom is -0.346 e. The number of halogens is 1. The van der Waals surface area contributed by atoms with Gasteiger partial charge in [0.15, 0.2) is 0 Å². The quantitative estimate of drug-likeness (QED) is 0.868. The van der Waals surface area contributed by atoms with Crippen molar-refractivity contribution in [2.24, 2.45) is 0 Å². The molecular formula is C17H19FN2O. The first-order valence-electron chi connectivity index (χ1n) is 6.99. The SMILES string of the molecule is CC(C)c1ccc(C(C)NC(=O)c2ccnc(F)c2)cc1. The fourth-order valence-electron chi connectivity index (χ4n) is 2.08. The molecule has 110 valence electrons. The molecule has 1 aromatic carbocycles. The number of nitrogens with zero attached hydrogens (tertiary/aromatic N) is 1. The van der Waals surface area contributed by atoms with E-state index >= 15 is 0 Å². The molecule has 1 atom stereocenters. The number of benzene rings is 1. The lowest BCUT2D eigenvalue weighted by Gasteiger charge is -2.15. The molecule has 3 nitrogen and oxygen atoms in total. The predicted molar refractivity (Wildman–Crippen MR) is 80.6 cm³/mol. The maximum absolute atomic E-state index is 13.0. The van der Waals surface area contributed by atoms with E-state index in [0.29, 0.717) is 5.92 Å². The van der Waals surface area contributed by atoms with Gasteiger partial charge in [0.25, 0.3) is 5.91 Å². The summed E-state index contributed by atoms with van der Waals surface area (Å²) in [6, 6.07) is 10.6. The normalized spacial score (nSPS) is 12.2. The Bertz CT molecular complexity index is 623. The molecule has 0 aliphatic rings. The lowest BCUT2D eigenvalue weighted by molar-refractivity contribution is 0.0939. The molecule has 0 saturated heterocycles. The average molecular weight is 286 g/mol. The summed E-state index contributed by atoms with van der Waals surface area (Å²) < 4.78 is 13.0. The summed E-state index contributed by atoms with van der Waals surface area (Å²) in [4.78, 5) is 15.5. The van der Waals surface area contributed by atoms with Crippen LogP contribution in [0.4, 0.5) is 4.39 Å².